The number of nitrogens with zero attached hydrogens (tertiary/aromatic N) is 1. The smallest absolute Gasteiger partial charge is 0.253 e. The van der Waals surface area contributed by atoms with Gasteiger partial charge < -0.3 is 10.0 Å². The topological polar surface area (TPSA) is 86.7 Å². The standard InChI is InChI=1S/C26H27BrN2O4S/c1-19-7-8-21(17-24(19)28-34(32,33)18-20-5-3-2-4-6-20)25(30)29-15-13-26(31,14-16-29)22-9-11-23(27)12-10-22/h2-12,17,28,31H,13-16,18H2,1H3. The van der Waals surface area contributed by atoms with Crippen molar-refractivity contribution in [1.29, 1.82) is 0 Å². The summed E-state index contributed by atoms with van der Waals surface area (Å²) in [6, 6.07) is 21.6. The number of amides is 1. The number of aryl methyl sites for hydroxylation is 1. The molecule has 6 nitrogen and oxygen atoms in total. The Morgan fingerprint density at radius 2 is 1.68 bits per heavy atom. The highest BCUT2D eigenvalue weighted by Gasteiger charge is 2.35. The van der Waals surface area contributed by atoms with Gasteiger partial charge in [-0.05, 0) is 60.7 Å². The van der Waals surface area contributed by atoms with Crippen molar-refractivity contribution in [2.24, 2.45) is 0 Å². The number of hydrogen-bond acceptors (Lipinski definition) is 4. The maximum atomic E-state index is 13.2. The fourth-order valence-corrected chi connectivity index (χ4v) is 5.70. The average molecular weight is 543 g/mol. The summed E-state index contributed by atoms with van der Waals surface area (Å²) in [6.07, 6.45) is 0.867. The van der Waals surface area contributed by atoms with Gasteiger partial charge in [-0.1, -0.05) is 64.5 Å². The van der Waals surface area contributed by atoms with E-state index >= 15 is 0 Å². The van der Waals surface area contributed by atoms with Crippen molar-refractivity contribution in [1.82, 2.24) is 4.90 Å². The molecule has 0 aliphatic carbocycles. The second-order valence-corrected chi connectivity index (χ2v) is 11.3. The zero-order valence-corrected chi connectivity index (χ0v) is 21.3. The zero-order chi connectivity index (χ0) is 24.3. The summed E-state index contributed by atoms with van der Waals surface area (Å²) in [5.41, 5.74) is 2.10. The van der Waals surface area contributed by atoms with E-state index in [1.807, 2.05) is 30.3 Å². The first-order chi connectivity index (χ1) is 16.2. The van der Waals surface area contributed by atoms with Gasteiger partial charge in [0.05, 0.1) is 17.0 Å². The van der Waals surface area contributed by atoms with E-state index in [1.54, 1.807) is 54.3 Å². The number of aliphatic hydroxyl groups is 1. The minimum absolute atomic E-state index is 0.147. The fraction of sp³-hybridized carbons (Fsp3) is 0.269. The number of piperidine rings is 1. The molecule has 1 amide bonds. The highest BCUT2D eigenvalue weighted by Crippen LogP contribution is 2.34. The minimum Gasteiger partial charge on any atom is -0.385 e. The van der Waals surface area contributed by atoms with Crippen LogP contribution in [-0.4, -0.2) is 37.4 Å². The van der Waals surface area contributed by atoms with E-state index in [2.05, 4.69) is 20.7 Å². The molecular formula is C26H27BrN2O4S. The predicted octanol–water partition coefficient (Wildman–Crippen LogP) is 4.82. The average Bonchev–Trinajstić information content (AvgIpc) is 2.81. The summed E-state index contributed by atoms with van der Waals surface area (Å²) in [7, 11) is -3.64. The van der Waals surface area contributed by atoms with Crippen molar-refractivity contribution in [2.45, 2.75) is 31.1 Å². The van der Waals surface area contributed by atoms with Gasteiger partial charge in [0.1, 0.15) is 0 Å². The lowest BCUT2D eigenvalue weighted by molar-refractivity contribution is -0.0211. The molecule has 2 N–H and O–H groups in total. The number of likely N-dealkylation sites (tertiary alicyclic amines) is 1. The first-order valence-corrected chi connectivity index (χ1v) is 13.5. The van der Waals surface area contributed by atoms with E-state index in [4.69, 9.17) is 0 Å². The van der Waals surface area contributed by atoms with Gasteiger partial charge in [-0.2, -0.15) is 0 Å². The number of carbonyl (C=O) groups is 1. The molecule has 4 rings (SSSR count). The first-order valence-electron chi connectivity index (χ1n) is 11.1. The Bertz CT molecular complexity index is 1270. The summed E-state index contributed by atoms with van der Waals surface area (Å²) in [5, 5.41) is 11.1. The SMILES string of the molecule is Cc1ccc(C(=O)N2CCC(O)(c3ccc(Br)cc3)CC2)cc1NS(=O)(=O)Cc1ccccc1. The van der Waals surface area contributed by atoms with Crippen LogP contribution in [0.2, 0.25) is 0 Å². The molecule has 34 heavy (non-hydrogen) atoms. The molecule has 0 atom stereocenters. The number of sulfonamides is 1. The van der Waals surface area contributed by atoms with Crippen LogP contribution in [-0.2, 0) is 21.4 Å². The van der Waals surface area contributed by atoms with E-state index in [1.165, 1.54) is 0 Å². The summed E-state index contributed by atoms with van der Waals surface area (Å²) >= 11 is 3.41. The Hall–Kier alpha value is -2.68. The predicted molar refractivity (Wildman–Crippen MR) is 137 cm³/mol. The van der Waals surface area contributed by atoms with E-state index < -0.39 is 15.6 Å². The third-order valence-corrected chi connectivity index (χ3v) is 7.98. The molecule has 0 unspecified atom stereocenters. The van der Waals surface area contributed by atoms with Crippen molar-refractivity contribution in [3.8, 4) is 0 Å². The number of benzene rings is 3. The zero-order valence-electron chi connectivity index (χ0n) is 18.9. The van der Waals surface area contributed by atoms with Gasteiger partial charge in [-0.25, -0.2) is 8.42 Å². The van der Waals surface area contributed by atoms with Crippen LogP contribution in [0.25, 0.3) is 0 Å². The van der Waals surface area contributed by atoms with Crippen LogP contribution >= 0.6 is 15.9 Å². The molecular weight excluding hydrogens is 516 g/mol. The molecule has 1 aliphatic heterocycles. The maximum Gasteiger partial charge on any atom is 0.253 e. The monoisotopic (exact) mass is 542 g/mol. The molecule has 8 heteroatoms. The number of nitrogens with one attached hydrogen (secondary N) is 1. The number of rotatable bonds is 6. The van der Waals surface area contributed by atoms with Crippen molar-refractivity contribution >= 4 is 37.5 Å². The second-order valence-electron chi connectivity index (χ2n) is 8.71. The molecule has 3 aromatic carbocycles. The van der Waals surface area contributed by atoms with Crippen LogP contribution < -0.4 is 4.72 Å². The Labute approximate surface area is 208 Å². The van der Waals surface area contributed by atoms with Crippen LogP contribution in [0.15, 0.2) is 77.3 Å². The molecule has 0 saturated carbocycles. The molecule has 0 bridgehead atoms. The van der Waals surface area contributed by atoms with Gasteiger partial charge in [-0.3, -0.25) is 9.52 Å². The van der Waals surface area contributed by atoms with Gasteiger partial charge >= 0.3 is 0 Å². The Balaban J connectivity index is 1.45. The van der Waals surface area contributed by atoms with Crippen LogP contribution in [0.1, 0.15) is 39.9 Å². The lowest BCUT2D eigenvalue weighted by Gasteiger charge is -2.38. The number of halogens is 1. The molecule has 0 spiro atoms. The minimum atomic E-state index is -3.64. The van der Waals surface area contributed by atoms with Crippen molar-refractivity contribution in [3.63, 3.8) is 0 Å². The molecule has 0 aromatic heterocycles. The maximum absolute atomic E-state index is 13.2. The highest BCUT2D eigenvalue weighted by molar-refractivity contribution is 9.10. The molecule has 1 saturated heterocycles. The van der Waals surface area contributed by atoms with Gasteiger partial charge in [0.15, 0.2) is 0 Å². The summed E-state index contributed by atoms with van der Waals surface area (Å²) < 4.78 is 29.0. The summed E-state index contributed by atoms with van der Waals surface area (Å²) in [4.78, 5) is 14.9. The highest BCUT2D eigenvalue weighted by atomic mass is 79.9. The summed E-state index contributed by atoms with van der Waals surface area (Å²) in [6.45, 7) is 2.62. The van der Waals surface area contributed by atoms with Gasteiger partial charge in [0.25, 0.3) is 5.91 Å². The van der Waals surface area contributed by atoms with E-state index in [9.17, 15) is 18.3 Å². The van der Waals surface area contributed by atoms with Gasteiger partial charge in [-0.15, -0.1) is 0 Å². The fourth-order valence-electron chi connectivity index (χ4n) is 4.17. The largest absolute Gasteiger partial charge is 0.385 e. The Morgan fingerprint density at radius 1 is 1.03 bits per heavy atom. The van der Waals surface area contributed by atoms with Crippen LogP contribution in [0.4, 0.5) is 5.69 Å². The normalized spacial score (nSPS) is 15.7. The van der Waals surface area contributed by atoms with E-state index in [0.29, 0.717) is 42.7 Å². The van der Waals surface area contributed by atoms with E-state index in [-0.39, 0.29) is 11.7 Å². The van der Waals surface area contributed by atoms with Gasteiger partial charge in [0.2, 0.25) is 10.0 Å². The molecule has 1 aliphatic rings. The number of anilines is 1. The van der Waals surface area contributed by atoms with Crippen LogP contribution in [0.5, 0.6) is 0 Å². The first kappa shape index (κ1) is 24.4. The van der Waals surface area contributed by atoms with Crippen molar-refractivity contribution in [2.75, 3.05) is 17.8 Å². The third-order valence-electron chi connectivity index (χ3n) is 6.21. The molecule has 3 aromatic rings. The number of hydrogen-bond donors (Lipinski definition) is 2. The van der Waals surface area contributed by atoms with E-state index in [0.717, 1.165) is 15.6 Å². The molecule has 0 radical (unpaired) electrons. The lowest BCUT2D eigenvalue weighted by atomic mass is 9.84. The van der Waals surface area contributed by atoms with Crippen LogP contribution in [0.3, 0.4) is 0 Å². The number of carbonyl (C=O) groups excluding carboxylic acids is 1. The molecule has 178 valence electrons. The third kappa shape index (κ3) is 5.68. The second kappa shape index (κ2) is 9.90. The lowest BCUT2D eigenvalue weighted by Crippen LogP contribution is -2.45. The Kier molecular flexibility index (Phi) is 7.12. The molecule has 1 heterocycles. The van der Waals surface area contributed by atoms with Gasteiger partial charge in [0, 0.05) is 23.1 Å². The summed E-state index contributed by atoms with van der Waals surface area (Å²) in [5.74, 6) is -0.326. The Morgan fingerprint density at radius 3 is 2.32 bits per heavy atom. The quantitative estimate of drug-likeness (QED) is 0.467. The van der Waals surface area contributed by atoms with Crippen molar-refractivity contribution in [3.05, 3.63) is 99.5 Å². The van der Waals surface area contributed by atoms with Crippen LogP contribution in [0, 0.1) is 6.92 Å². The molecule has 1 fully saturated rings. The van der Waals surface area contributed by atoms with Crippen molar-refractivity contribution < 1.29 is 18.3 Å².